The van der Waals surface area contributed by atoms with Crippen molar-refractivity contribution in [2.75, 3.05) is 0 Å². The Bertz CT molecular complexity index is 843. The van der Waals surface area contributed by atoms with Crippen LogP contribution in [0.4, 0.5) is 10.1 Å². The molecule has 0 radical (unpaired) electrons. The van der Waals surface area contributed by atoms with Crippen molar-refractivity contribution in [1.29, 1.82) is 0 Å². The zero-order chi connectivity index (χ0) is 15.7. The molecule has 0 bridgehead atoms. The summed E-state index contributed by atoms with van der Waals surface area (Å²) in [7, 11) is 0. The molecule has 21 heavy (non-hydrogen) atoms. The Hall–Kier alpha value is -2.48. The van der Waals surface area contributed by atoms with Crippen molar-refractivity contribution >= 4 is 17.3 Å². The molecular weight excluding hydrogens is 305 g/mol. The van der Waals surface area contributed by atoms with Gasteiger partial charge in [0.25, 0.3) is 11.2 Å². The molecule has 2 aromatic rings. The zero-order valence-corrected chi connectivity index (χ0v) is 11.5. The van der Waals surface area contributed by atoms with Gasteiger partial charge in [-0.25, -0.2) is 13.8 Å². The van der Waals surface area contributed by atoms with Crippen LogP contribution in [0, 0.1) is 15.9 Å². The fourth-order valence-corrected chi connectivity index (χ4v) is 2.16. The molecule has 0 spiro atoms. The maximum absolute atomic E-state index is 13.9. The smallest absolute Gasteiger partial charge is 0.297 e. The van der Waals surface area contributed by atoms with E-state index in [1.807, 2.05) is 0 Å². The van der Waals surface area contributed by atoms with Crippen LogP contribution in [0.25, 0.3) is 5.69 Å². The molecule has 0 unspecified atom stereocenters. The summed E-state index contributed by atoms with van der Waals surface area (Å²) >= 11 is 5.75. The number of hydrogen-bond acceptors (Lipinski definition) is 4. The maximum atomic E-state index is 13.9. The Morgan fingerprint density at radius 3 is 2.62 bits per heavy atom. The van der Waals surface area contributed by atoms with Gasteiger partial charge in [-0.05, 0) is 12.5 Å². The largest absolute Gasteiger partial charge is 0.334 e. The van der Waals surface area contributed by atoms with Crippen molar-refractivity contribution in [2.24, 2.45) is 0 Å². The standard InChI is InChI=1S/C12H9ClFN3O4/c1-2-7-10(13)15-12(19)16(11(7)18)9-4-3-6(17(20)21)5-8(9)14/h3-5H,2H2,1H3,(H,15,19). The number of halogens is 2. The lowest BCUT2D eigenvalue weighted by Crippen LogP contribution is -2.36. The molecule has 0 amide bonds. The molecule has 0 atom stereocenters. The van der Waals surface area contributed by atoms with Crippen molar-refractivity contribution in [2.45, 2.75) is 13.3 Å². The molecule has 0 fully saturated rings. The van der Waals surface area contributed by atoms with Gasteiger partial charge in [0, 0.05) is 6.07 Å². The van der Waals surface area contributed by atoms with Gasteiger partial charge in [-0.2, -0.15) is 0 Å². The highest BCUT2D eigenvalue weighted by molar-refractivity contribution is 6.30. The van der Waals surface area contributed by atoms with Crippen molar-refractivity contribution in [3.8, 4) is 5.69 Å². The van der Waals surface area contributed by atoms with Gasteiger partial charge in [0.1, 0.15) is 5.15 Å². The van der Waals surface area contributed by atoms with Gasteiger partial charge < -0.3 is 0 Å². The molecule has 1 aromatic heterocycles. The molecule has 0 aliphatic heterocycles. The number of aromatic nitrogens is 2. The van der Waals surface area contributed by atoms with Gasteiger partial charge >= 0.3 is 5.69 Å². The molecular formula is C12H9ClFN3O4. The zero-order valence-electron chi connectivity index (χ0n) is 10.7. The molecule has 7 nitrogen and oxygen atoms in total. The number of H-pyrrole nitrogens is 1. The fraction of sp³-hybridized carbons (Fsp3) is 0.167. The summed E-state index contributed by atoms with van der Waals surface area (Å²) in [6, 6.07) is 2.64. The predicted octanol–water partition coefficient (Wildman–Crippen LogP) is 1.79. The van der Waals surface area contributed by atoms with Gasteiger partial charge in [0.05, 0.1) is 22.2 Å². The number of aromatic amines is 1. The lowest BCUT2D eigenvalue weighted by Gasteiger charge is -2.08. The second-order valence-corrected chi connectivity index (χ2v) is 4.49. The Labute approximate surface area is 121 Å². The van der Waals surface area contributed by atoms with Gasteiger partial charge in [0.15, 0.2) is 5.82 Å². The van der Waals surface area contributed by atoms with E-state index in [9.17, 15) is 24.1 Å². The first-order chi connectivity index (χ1) is 9.86. The highest BCUT2D eigenvalue weighted by Crippen LogP contribution is 2.18. The first-order valence-corrected chi connectivity index (χ1v) is 6.22. The molecule has 9 heteroatoms. The van der Waals surface area contributed by atoms with Crippen LogP contribution < -0.4 is 11.2 Å². The third kappa shape index (κ3) is 2.57. The monoisotopic (exact) mass is 313 g/mol. The predicted molar refractivity (Wildman–Crippen MR) is 73.7 cm³/mol. The van der Waals surface area contributed by atoms with Crippen molar-refractivity contribution in [3.63, 3.8) is 0 Å². The number of non-ortho nitro benzene ring substituents is 1. The summed E-state index contributed by atoms with van der Waals surface area (Å²) < 4.78 is 14.5. The minimum absolute atomic E-state index is 0.105. The third-order valence-corrected chi connectivity index (χ3v) is 3.21. The van der Waals surface area contributed by atoms with E-state index >= 15 is 0 Å². The summed E-state index contributed by atoms with van der Waals surface area (Å²) in [6.07, 6.45) is 0.239. The number of nitrogens with zero attached hydrogens (tertiary/aromatic N) is 2. The molecule has 1 N–H and O–H groups in total. The molecule has 110 valence electrons. The molecule has 1 aromatic carbocycles. The van der Waals surface area contributed by atoms with E-state index < -0.39 is 27.7 Å². The lowest BCUT2D eigenvalue weighted by molar-refractivity contribution is -0.385. The number of rotatable bonds is 3. The number of nitro groups is 1. The summed E-state index contributed by atoms with van der Waals surface area (Å²) in [5.74, 6) is -1.05. The summed E-state index contributed by atoms with van der Waals surface area (Å²) in [5.41, 5.74) is -2.42. The molecule has 0 aliphatic carbocycles. The topological polar surface area (TPSA) is 98.0 Å². The SMILES string of the molecule is CCc1c(Cl)[nH]c(=O)n(-c2ccc([N+](=O)[O-])cc2F)c1=O. The quantitative estimate of drug-likeness (QED) is 0.530. The molecule has 0 saturated carbocycles. The van der Waals surface area contributed by atoms with Crippen LogP contribution in [0.2, 0.25) is 5.15 Å². The maximum Gasteiger partial charge on any atom is 0.334 e. The number of benzene rings is 1. The normalized spacial score (nSPS) is 10.6. The lowest BCUT2D eigenvalue weighted by atomic mass is 10.2. The first-order valence-electron chi connectivity index (χ1n) is 5.84. The van der Waals surface area contributed by atoms with Crippen molar-refractivity contribution in [3.05, 3.63) is 65.7 Å². The van der Waals surface area contributed by atoms with Gasteiger partial charge in [0.2, 0.25) is 0 Å². The average molecular weight is 314 g/mol. The number of nitrogens with one attached hydrogen (secondary N) is 1. The second-order valence-electron chi connectivity index (χ2n) is 4.11. The Balaban J connectivity index is 2.77. The van der Waals surface area contributed by atoms with Crippen LogP contribution in [0.1, 0.15) is 12.5 Å². The average Bonchev–Trinajstić information content (AvgIpc) is 2.40. The van der Waals surface area contributed by atoms with Crippen LogP contribution in [0.5, 0.6) is 0 Å². The third-order valence-electron chi connectivity index (χ3n) is 2.88. The van der Waals surface area contributed by atoms with Gasteiger partial charge in [-0.15, -0.1) is 0 Å². The van der Waals surface area contributed by atoms with Crippen molar-refractivity contribution in [1.82, 2.24) is 9.55 Å². The van der Waals surface area contributed by atoms with E-state index in [0.717, 1.165) is 12.1 Å². The summed E-state index contributed by atoms with van der Waals surface area (Å²) in [5, 5.41) is 10.5. The summed E-state index contributed by atoms with van der Waals surface area (Å²) in [6.45, 7) is 1.65. The minimum Gasteiger partial charge on any atom is -0.297 e. The number of nitro benzene ring substituents is 1. The van der Waals surface area contributed by atoms with E-state index in [4.69, 9.17) is 11.6 Å². The minimum atomic E-state index is -1.05. The Morgan fingerprint density at radius 1 is 1.43 bits per heavy atom. The van der Waals surface area contributed by atoms with Crippen LogP contribution in [0.15, 0.2) is 27.8 Å². The van der Waals surface area contributed by atoms with E-state index in [2.05, 4.69) is 4.98 Å². The molecule has 0 saturated heterocycles. The second kappa shape index (κ2) is 5.49. The highest BCUT2D eigenvalue weighted by Gasteiger charge is 2.17. The Kier molecular flexibility index (Phi) is 3.90. The van der Waals surface area contributed by atoms with E-state index in [1.165, 1.54) is 0 Å². The van der Waals surface area contributed by atoms with Crippen LogP contribution >= 0.6 is 11.6 Å². The van der Waals surface area contributed by atoms with Crippen molar-refractivity contribution < 1.29 is 9.31 Å². The molecule has 1 heterocycles. The fourth-order valence-electron chi connectivity index (χ4n) is 1.86. The van der Waals surface area contributed by atoms with Gasteiger partial charge in [-0.1, -0.05) is 18.5 Å². The molecule has 0 aliphatic rings. The van der Waals surface area contributed by atoms with E-state index in [1.54, 1.807) is 6.92 Å². The van der Waals surface area contributed by atoms with Crippen LogP contribution in [-0.2, 0) is 6.42 Å². The van der Waals surface area contributed by atoms with Gasteiger partial charge in [-0.3, -0.25) is 19.9 Å². The number of hydrogen-bond donors (Lipinski definition) is 1. The first kappa shape index (κ1) is 14.9. The Morgan fingerprint density at radius 2 is 2.10 bits per heavy atom. The van der Waals surface area contributed by atoms with E-state index in [0.29, 0.717) is 10.6 Å². The van der Waals surface area contributed by atoms with Crippen LogP contribution in [0.3, 0.4) is 0 Å². The summed E-state index contributed by atoms with van der Waals surface area (Å²) in [4.78, 5) is 36.0. The highest BCUT2D eigenvalue weighted by atomic mass is 35.5. The van der Waals surface area contributed by atoms with E-state index in [-0.39, 0.29) is 22.8 Å². The molecule has 2 rings (SSSR count). The van der Waals surface area contributed by atoms with Crippen LogP contribution in [-0.4, -0.2) is 14.5 Å².